The molecule has 2 aromatic heterocycles. The summed E-state index contributed by atoms with van der Waals surface area (Å²) in [6.45, 7) is 2.32. The van der Waals surface area contributed by atoms with Crippen molar-refractivity contribution in [2.24, 2.45) is 0 Å². The molecule has 2 N–H and O–H groups in total. The second-order valence-electron chi connectivity index (χ2n) is 4.61. The molecule has 0 aliphatic rings. The van der Waals surface area contributed by atoms with Crippen LogP contribution in [0.5, 0.6) is 0 Å². The topological polar surface area (TPSA) is 83.6 Å². The van der Waals surface area contributed by atoms with Gasteiger partial charge in [0.2, 0.25) is 0 Å². The van der Waals surface area contributed by atoms with E-state index in [1.54, 1.807) is 6.07 Å². The van der Waals surface area contributed by atoms with Crippen LogP contribution in [0.15, 0.2) is 35.7 Å². The number of aromatic amines is 1. The lowest BCUT2D eigenvalue weighted by molar-refractivity contribution is 0.0946. The lowest BCUT2D eigenvalue weighted by Gasteiger charge is -2.04. The van der Waals surface area contributed by atoms with E-state index >= 15 is 0 Å². The fourth-order valence-corrected chi connectivity index (χ4v) is 2.36. The predicted molar refractivity (Wildman–Crippen MR) is 79.8 cm³/mol. The molecule has 0 radical (unpaired) electrons. The summed E-state index contributed by atoms with van der Waals surface area (Å²) in [5.74, 6) is -0.188. The van der Waals surface area contributed by atoms with Crippen molar-refractivity contribution in [2.45, 2.75) is 13.5 Å². The second kappa shape index (κ2) is 5.84. The van der Waals surface area contributed by atoms with Crippen molar-refractivity contribution in [3.8, 4) is 11.3 Å². The van der Waals surface area contributed by atoms with Crippen LogP contribution >= 0.6 is 11.5 Å². The molecule has 0 aliphatic carbocycles. The number of H-pyrrole nitrogens is 1. The van der Waals surface area contributed by atoms with Crippen molar-refractivity contribution in [2.75, 3.05) is 0 Å². The first kappa shape index (κ1) is 13.4. The van der Waals surface area contributed by atoms with E-state index in [-0.39, 0.29) is 5.91 Å². The summed E-state index contributed by atoms with van der Waals surface area (Å²) in [6, 6.07) is 9.58. The first-order valence-corrected chi connectivity index (χ1v) is 7.22. The van der Waals surface area contributed by atoms with Crippen molar-refractivity contribution < 1.29 is 4.79 Å². The van der Waals surface area contributed by atoms with Gasteiger partial charge in [0.15, 0.2) is 0 Å². The van der Waals surface area contributed by atoms with Crippen molar-refractivity contribution in [1.29, 1.82) is 0 Å². The maximum atomic E-state index is 11.9. The van der Waals surface area contributed by atoms with Gasteiger partial charge in [-0.25, -0.2) is 0 Å². The summed E-state index contributed by atoms with van der Waals surface area (Å²) in [6.07, 6.45) is 0. The second-order valence-corrected chi connectivity index (χ2v) is 5.22. The molecule has 6 nitrogen and oxygen atoms in total. The molecule has 0 unspecified atom stereocenters. The minimum Gasteiger partial charge on any atom is -0.347 e. The highest BCUT2D eigenvalue weighted by Crippen LogP contribution is 2.18. The number of nitrogens with zero attached hydrogens (tertiary/aromatic N) is 3. The van der Waals surface area contributed by atoms with Gasteiger partial charge in [-0.1, -0.05) is 28.8 Å². The van der Waals surface area contributed by atoms with E-state index in [0.717, 1.165) is 22.5 Å². The zero-order valence-corrected chi connectivity index (χ0v) is 12.1. The van der Waals surface area contributed by atoms with Crippen molar-refractivity contribution >= 4 is 17.4 Å². The molecule has 0 aliphatic heterocycles. The van der Waals surface area contributed by atoms with Gasteiger partial charge < -0.3 is 5.32 Å². The first-order valence-electron chi connectivity index (χ1n) is 6.39. The summed E-state index contributed by atoms with van der Waals surface area (Å²) in [5, 5.41) is 15.4. The van der Waals surface area contributed by atoms with E-state index in [1.165, 1.54) is 11.5 Å². The Balaban J connectivity index is 1.62. The summed E-state index contributed by atoms with van der Waals surface area (Å²) >= 11 is 1.32. The third-order valence-electron chi connectivity index (χ3n) is 3.00. The predicted octanol–water partition coefficient (Wildman–Crippen LogP) is 2.17. The molecule has 1 amide bonds. The zero-order valence-electron chi connectivity index (χ0n) is 11.3. The Morgan fingerprint density at radius 2 is 2.14 bits per heavy atom. The molecule has 0 fully saturated rings. The Hall–Kier alpha value is -2.54. The van der Waals surface area contributed by atoms with Gasteiger partial charge in [0.25, 0.3) is 5.91 Å². The highest BCUT2D eigenvalue weighted by molar-refractivity contribution is 7.03. The Labute approximate surface area is 125 Å². The molecular formula is C14H13N5OS. The SMILES string of the molecule is Cc1cc(C(=O)NCc2ccc(-c3csnn3)cc2)n[nH]1. The fraction of sp³-hybridized carbons (Fsp3) is 0.143. The average Bonchev–Trinajstić information content (AvgIpc) is 3.16. The van der Waals surface area contributed by atoms with Crippen LogP contribution in [0.2, 0.25) is 0 Å². The van der Waals surface area contributed by atoms with Crippen LogP contribution in [0.25, 0.3) is 11.3 Å². The molecule has 21 heavy (non-hydrogen) atoms. The quantitative estimate of drug-likeness (QED) is 0.773. The monoisotopic (exact) mass is 299 g/mol. The van der Waals surface area contributed by atoms with Crippen LogP contribution in [0.3, 0.4) is 0 Å². The molecule has 1 aromatic carbocycles. The highest BCUT2D eigenvalue weighted by atomic mass is 32.1. The Morgan fingerprint density at radius 1 is 1.33 bits per heavy atom. The first-order chi connectivity index (χ1) is 10.2. The number of carbonyl (C=O) groups excluding carboxylic acids is 1. The molecule has 3 aromatic rings. The molecule has 0 bridgehead atoms. The maximum absolute atomic E-state index is 11.9. The number of benzene rings is 1. The maximum Gasteiger partial charge on any atom is 0.272 e. The number of carbonyl (C=O) groups is 1. The third-order valence-corrected chi connectivity index (χ3v) is 3.51. The van der Waals surface area contributed by atoms with Crippen LogP contribution in [-0.2, 0) is 6.54 Å². The van der Waals surface area contributed by atoms with Crippen LogP contribution in [0.1, 0.15) is 21.7 Å². The van der Waals surface area contributed by atoms with Gasteiger partial charge in [0.1, 0.15) is 11.4 Å². The minimum atomic E-state index is -0.188. The van der Waals surface area contributed by atoms with Crippen molar-refractivity contribution in [1.82, 2.24) is 25.1 Å². The number of hydrogen-bond acceptors (Lipinski definition) is 5. The Bertz CT molecular complexity index is 733. The smallest absolute Gasteiger partial charge is 0.272 e. The molecule has 2 heterocycles. The number of aryl methyl sites for hydroxylation is 1. The van der Waals surface area contributed by atoms with Gasteiger partial charge in [-0.15, -0.1) is 5.10 Å². The number of rotatable bonds is 4. The van der Waals surface area contributed by atoms with Gasteiger partial charge >= 0.3 is 0 Å². The molecule has 7 heteroatoms. The van der Waals surface area contributed by atoms with Gasteiger partial charge in [-0.05, 0) is 30.1 Å². The number of aromatic nitrogens is 4. The molecule has 3 rings (SSSR count). The summed E-state index contributed by atoms with van der Waals surface area (Å²) in [5.41, 5.74) is 4.16. The molecule has 106 valence electrons. The van der Waals surface area contributed by atoms with E-state index in [1.807, 2.05) is 36.6 Å². The minimum absolute atomic E-state index is 0.188. The number of hydrogen-bond donors (Lipinski definition) is 2. The van der Waals surface area contributed by atoms with Gasteiger partial charge in [0, 0.05) is 23.2 Å². The van der Waals surface area contributed by atoms with Gasteiger partial charge in [0.05, 0.1) is 0 Å². The van der Waals surface area contributed by atoms with Crippen LogP contribution in [0.4, 0.5) is 0 Å². The van der Waals surface area contributed by atoms with E-state index in [2.05, 4.69) is 25.1 Å². The van der Waals surface area contributed by atoms with E-state index < -0.39 is 0 Å². The summed E-state index contributed by atoms with van der Waals surface area (Å²) < 4.78 is 3.84. The van der Waals surface area contributed by atoms with Crippen molar-refractivity contribution in [3.05, 3.63) is 52.7 Å². The van der Waals surface area contributed by atoms with Gasteiger partial charge in [-0.3, -0.25) is 9.89 Å². The lowest BCUT2D eigenvalue weighted by atomic mass is 10.1. The van der Waals surface area contributed by atoms with Crippen LogP contribution in [0, 0.1) is 6.92 Å². The molecule has 0 saturated carbocycles. The van der Waals surface area contributed by atoms with Gasteiger partial charge in [-0.2, -0.15) is 5.10 Å². The number of nitrogens with one attached hydrogen (secondary N) is 2. The fourth-order valence-electron chi connectivity index (χ4n) is 1.89. The average molecular weight is 299 g/mol. The van der Waals surface area contributed by atoms with E-state index in [9.17, 15) is 4.79 Å². The zero-order chi connectivity index (χ0) is 14.7. The molecule has 0 saturated heterocycles. The Kier molecular flexibility index (Phi) is 3.74. The summed E-state index contributed by atoms with van der Waals surface area (Å²) in [7, 11) is 0. The lowest BCUT2D eigenvalue weighted by Crippen LogP contribution is -2.23. The standard InChI is InChI=1S/C14H13N5OS/c1-9-6-12(17-16-9)14(20)15-7-10-2-4-11(5-3-10)13-8-21-19-18-13/h2-6,8H,7H2,1H3,(H,15,20)(H,16,17). The van der Waals surface area contributed by atoms with E-state index in [0.29, 0.717) is 12.2 Å². The molecule has 0 atom stereocenters. The van der Waals surface area contributed by atoms with E-state index in [4.69, 9.17) is 0 Å². The largest absolute Gasteiger partial charge is 0.347 e. The molecule has 0 spiro atoms. The molecular weight excluding hydrogens is 286 g/mol. The third kappa shape index (κ3) is 3.14. The normalized spacial score (nSPS) is 10.5. The van der Waals surface area contributed by atoms with Crippen LogP contribution in [-0.4, -0.2) is 25.7 Å². The van der Waals surface area contributed by atoms with Crippen molar-refractivity contribution in [3.63, 3.8) is 0 Å². The number of amides is 1. The Morgan fingerprint density at radius 3 is 2.76 bits per heavy atom. The summed E-state index contributed by atoms with van der Waals surface area (Å²) in [4.78, 5) is 11.9. The van der Waals surface area contributed by atoms with Crippen LogP contribution < -0.4 is 5.32 Å². The highest BCUT2D eigenvalue weighted by Gasteiger charge is 2.08.